The molecule has 4 rings (SSSR count). The third-order valence-electron chi connectivity index (χ3n) is 5.12. The van der Waals surface area contributed by atoms with E-state index in [0.29, 0.717) is 19.3 Å². The molecule has 0 N–H and O–H groups in total. The first-order valence-corrected chi connectivity index (χ1v) is 9.14. The first-order valence-electron chi connectivity index (χ1n) is 9.14. The van der Waals surface area contributed by atoms with Gasteiger partial charge in [-0.25, -0.2) is 0 Å². The van der Waals surface area contributed by atoms with Gasteiger partial charge in [-0.2, -0.15) is 5.10 Å². The van der Waals surface area contributed by atoms with Crippen LogP contribution in [0.5, 0.6) is 0 Å². The van der Waals surface area contributed by atoms with E-state index in [0.717, 1.165) is 50.5 Å². The van der Waals surface area contributed by atoms with Gasteiger partial charge in [0, 0.05) is 44.2 Å². The van der Waals surface area contributed by atoms with Gasteiger partial charge in [-0.15, -0.1) is 0 Å². The Morgan fingerprint density at radius 1 is 1.24 bits per heavy atom. The minimum atomic E-state index is 0.256. The second-order valence-corrected chi connectivity index (χ2v) is 6.98. The van der Waals surface area contributed by atoms with E-state index in [2.05, 4.69) is 25.7 Å². The molecular weight excluding hydrogens is 316 g/mol. The highest BCUT2D eigenvalue weighted by Crippen LogP contribution is 2.26. The van der Waals surface area contributed by atoms with Gasteiger partial charge in [0.15, 0.2) is 0 Å². The maximum Gasteiger partial charge on any atom is 0.0889 e. The number of hydrogen-bond acceptors (Lipinski definition) is 5. The highest BCUT2D eigenvalue weighted by molar-refractivity contribution is 5.09. The third kappa shape index (κ3) is 3.92. The summed E-state index contributed by atoms with van der Waals surface area (Å²) in [4.78, 5) is 7.09. The van der Waals surface area contributed by atoms with Crippen LogP contribution in [-0.2, 0) is 22.6 Å². The maximum atomic E-state index is 6.00. The van der Waals surface area contributed by atoms with Crippen LogP contribution in [0.25, 0.3) is 0 Å². The zero-order valence-electron chi connectivity index (χ0n) is 14.8. The minimum absolute atomic E-state index is 0.256. The van der Waals surface area contributed by atoms with Gasteiger partial charge >= 0.3 is 0 Å². The molecule has 4 heterocycles. The van der Waals surface area contributed by atoms with Crippen LogP contribution in [0, 0.1) is 6.92 Å². The summed E-state index contributed by atoms with van der Waals surface area (Å²) in [6.45, 7) is 6.92. The molecule has 0 amide bonds. The molecule has 1 saturated heterocycles. The quantitative estimate of drug-likeness (QED) is 0.835. The van der Waals surface area contributed by atoms with Gasteiger partial charge in [-0.1, -0.05) is 6.07 Å². The van der Waals surface area contributed by atoms with Crippen LogP contribution >= 0.6 is 0 Å². The molecule has 6 nitrogen and oxygen atoms in total. The van der Waals surface area contributed by atoms with Crippen molar-refractivity contribution in [1.82, 2.24) is 19.7 Å². The van der Waals surface area contributed by atoms with Crippen molar-refractivity contribution >= 4 is 0 Å². The molecule has 2 aliphatic rings. The van der Waals surface area contributed by atoms with Crippen LogP contribution in [0.1, 0.15) is 36.0 Å². The largest absolute Gasteiger partial charge is 0.381 e. The summed E-state index contributed by atoms with van der Waals surface area (Å²) in [6.07, 6.45) is 4.14. The molecule has 2 aromatic heterocycles. The zero-order chi connectivity index (χ0) is 17.1. The van der Waals surface area contributed by atoms with Crippen LogP contribution in [0.2, 0.25) is 0 Å². The predicted octanol–water partition coefficient (Wildman–Crippen LogP) is 2.34. The Labute approximate surface area is 148 Å². The minimum Gasteiger partial charge on any atom is -0.381 e. The highest BCUT2D eigenvalue weighted by atomic mass is 16.5. The van der Waals surface area contributed by atoms with Crippen LogP contribution in [0.15, 0.2) is 30.5 Å². The van der Waals surface area contributed by atoms with Crippen LogP contribution < -0.4 is 0 Å². The summed E-state index contributed by atoms with van der Waals surface area (Å²) < 4.78 is 13.7. The predicted molar refractivity (Wildman–Crippen MR) is 94.1 cm³/mol. The van der Waals surface area contributed by atoms with Crippen LogP contribution in [0.3, 0.4) is 0 Å². The first kappa shape index (κ1) is 16.7. The molecule has 6 heteroatoms. The zero-order valence-corrected chi connectivity index (χ0v) is 14.8. The number of rotatable bonds is 5. The molecule has 0 spiro atoms. The summed E-state index contributed by atoms with van der Waals surface area (Å²) in [5.74, 6) is 0. The summed E-state index contributed by atoms with van der Waals surface area (Å²) in [5.41, 5.74) is 3.29. The Balaban J connectivity index is 1.39. The normalized spacial score (nSPS) is 22.0. The molecule has 2 aromatic rings. The van der Waals surface area contributed by atoms with E-state index in [1.165, 1.54) is 5.69 Å². The SMILES string of the molecule is Cc1cccc(COC[C@@H]2CN(C3CCOCC3)Cc3ccnn32)n1. The van der Waals surface area contributed by atoms with Gasteiger partial charge in [0.1, 0.15) is 0 Å². The molecular formula is C19H26N4O2. The number of aromatic nitrogens is 3. The fourth-order valence-corrected chi connectivity index (χ4v) is 3.85. The Morgan fingerprint density at radius 2 is 2.12 bits per heavy atom. The number of ether oxygens (including phenoxy) is 2. The fourth-order valence-electron chi connectivity index (χ4n) is 3.85. The van der Waals surface area contributed by atoms with Gasteiger partial charge in [0.25, 0.3) is 0 Å². The Morgan fingerprint density at radius 3 is 2.96 bits per heavy atom. The summed E-state index contributed by atoms with van der Waals surface area (Å²) >= 11 is 0. The van der Waals surface area contributed by atoms with Crippen molar-refractivity contribution in [1.29, 1.82) is 0 Å². The molecule has 0 aromatic carbocycles. The Kier molecular flexibility index (Phi) is 5.10. The summed E-state index contributed by atoms with van der Waals surface area (Å²) in [7, 11) is 0. The average molecular weight is 342 g/mol. The molecule has 0 radical (unpaired) electrons. The number of aryl methyl sites for hydroxylation is 1. The standard InChI is InChI=1S/C19H26N4O2/c1-15-3-2-4-16(21-15)13-25-14-19-12-22(17-6-9-24-10-7-17)11-18-5-8-20-23(18)19/h2-5,8,17,19H,6-7,9-14H2,1H3/t19-/m0/s1. The van der Waals surface area contributed by atoms with E-state index in [4.69, 9.17) is 9.47 Å². The van der Waals surface area contributed by atoms with Crippen molar-refractivity contribution in [3.05, 3.63) is 47.5 Å². The van der Waals surface area contributed by atoms with Crippen molar-refractivity contribution < 1.29 is 9.47 Å². The average Bonchev–Trinajstić information content (AvgIpc) is 3.11. The smallest absolute Gasteiger partial charge is 0.0889 e. The lowest BCUT2D eigenvalue weighted by Gasteiger charge is -2.40. The number of fused-ring (bicyclic) bond motifs is 1. The molecule has 0 saturated carbocycles. The first-order chi connectivity index (χ1) is 12.3. The summed E-state index contributed by atoms with van der Waals surface area (Å²) in [5, 5.41) is 4.53. The number of pyridine rings is 1. The number of nitrogens with zero attached hydrogens (tertiary/aromatic N) is 4. The van der Waals surface area contributed by atoms with E-state index in [9.17, 15) is 0 Å². The van der Waals surface area contributed by atoms with E-state index in [1.54, 1.807) is 0 Å². The van der Waals surface area contributed by atoms with Gasteiger partial charge in [-0.05, 0) is 38.0 Å². The molecule has 1 atom stereocenters. The Bertz CT molecular complexity index is 696. The maximum absolute atomic E-state index is 6.00. The molecule has 0 aliphatic carbocycles. The molecule has 2 aliphatic heterocycles. The van der Waals surface area contributed by atoms with E-state index in [-0.39, 0.29) is 6.04 Å². The van der Waals surface area contributed by atoms with Crippen molar-refractivity contribution in [2.45, 2.75) is 45.0 Å². The second-order valence-electron chi connectivity index (χ2n) is 6.98. The monoisotopic (exact) mass is 342 g/mol. The summed E-state index contributed by atoms with van der Waals surface area (Å²) in [6, 6.07) is 9.04. The Hall–Kier alpha value is -1.76. The van der Waals surface area contributed by atoms with Crippen molar-refractivity contribution in [2.24, 2.45) is 0 Å². The lowest BCUT2D eigenvalue weighted by Crippen LogP contribution is -2.46. The van der Waals surface area contributed by atoms with Crippen molar-refractivity contribution in [2.75, 3.05) is 26.4 Å². The van der Waals surface area contributed by atoms with Crippen molar-refractivity contribution in [3.63, 3.8) is 0 Å². The molecule has 134 valence electrons. The van der Waals surface area contributed by atoms with E-state index < -0.39 is 0 Å². The van der Waals surface area contributed by atoms with E-state index in [1.807, 2.05) is 31.3 Å². The van der Waals surface area contributed by atoms with E-state index >= 15 is 0 Å². The van der Waals surface area contributed by atoms with Gasteiger partial charge in [0.05, 0.1) is 30.6 Å². The molecule has 0 unspecified atom stereocenters. The highest BCUT2D eigenvalue weighted by Gasteiger charge is 2.30. The lowest BCUT2D eigenvalue weighted by atomic mass is 10.0. The third-order valence-corrected chi connectivity index (χ3v) is 5.12. The fraction of sp³-hybridized carbons (Fsp3) is 0.579. The van der Waals surface area contributed by atoms with Crippen LogP contribution in [0.4, 0.5) is 0 Å². The van der Waals surface area contributed by atoms with Gasteiger partial charge < -0.3 is 9.47 Å². The molecule has 0 bridgehead atoms. The topological polar surface area (TPSA) is 52.4 Å². The van der Waals surface area contributed by atoms with Crippen LogP contribution in [-0.4, -0.2) is 52.1 Å². The molecule has 1 fully saturated rings. The van der Waals surface area contributed by atoms with Gasteiger partial charge in [-0.3, -0.25) is 14.6 Å². The van der Waals surface area contributed by atoms with Crippen molar-refractivity contribution in [3.8, 4) is 0 Å². The number of hydrogen-bond donors (Lipinski definition) is 0. The van der Waals surface area contributed by atoms with Gasteiger partial charge in [0.2, 0.25) is 0 Å². The molecule has 25 heavy (non-hydrogen) atoms. The lowest BCUT2D eigenvalue weighted by molar-refractivity contribution is 0.0000517. The second kappa shape index (κ2) is 7.64.